The van der Waals surface area contributed by atoms with Crippen LogP contribution in [0.1, 0.15) is 66.3 Å². The van der Waals surface area contributed by atoms with E-state index in [1.807, 2.05) is 13.8 Å². The molecule has 2 aromatic carbocycles. The number of likely N-dealkylation sites (tertiary alicyclic amines) is 1. The van der Waals surface area contributed by atoms with Crippen molar-refractivity contribution in [2.75, 3.05) is 26.7 Å². The lowest BCUT2D eigenvalue weighted by Gasteiger charge is -2.40. The molecule has 4 heteroatoms. The van der Waals surface area contributed by atoms with Crippen molar-refractivity contribution in [3.63, 3.8) is 0 Å². The summed E-state index contributed by atoms with van der Waals surface area (Å²) in [5, 5.41) is 10.4. The SMILES string of the molecule is COc1ccc(C2CCN(CCC3(C)CCc4c(C)c(O)c(C)c(C)c4O3)CC2)cc1. The molecular formula is C27H37NO3. The standard InChI is InChI=1S/C27H37NO3/c1-18-19(2)26-24(20(3)25(18)29)10-13-27(4,31-26)14-17-28-15-11-22(12-16-28)21-6-8-23(30-5)9-7-21/h6-9,22,29H,10-17H2,1-5H3. The van der Waals surface area contributed by atoms with Gasteiger partial charge in [0.2, 0.25) is 0 Å². The van der Waals surface area contributed by atoms with E-state index in [4.69, 9.17) is 9.47 Å². The maximum absolute atomic E-state index is 10.4. The molecule has 2 aliphatic heterocycles. The number of fused-ring (bicyclic) bond motifs is 1. The summed E-state index contributed by atoms with van der Waals surface area (Å²) in [4.78, 5) is 2.60. The molecule has 31 heavy (non-hydrogen) atoms. The van der Waals surface area contributed by atoms with E-state index in [1.54, 1.807) is 7.11 Å². The van der Waals surface area contributed by atoms with E-state index < -0.39 is 0 Å². The topological polar surface area (TPSA) is 41.9 Å². The Morgan fingerprint density at radius 1 is 1.06 bits per heavy atom. The van der Waals surface area contributed by atoms with Crippen LogP contribution in [0.5, 0.6) is 17.2 Å². The van der Waals surface area contributed by atoms with Crippen LogP contribution in [-0.4, -0.2) is 42.4 Å². The van der Waals surface area contributed by atoms with E-state index in [9.17, 15) is 5.11 Å². The van der Waals surface area contributed by atoms with E-state index in [0.717, 1.165) is 67.1 Å². The molecule has 0 saturated carbocycles. The highest BCUT2D eigenvalue weighted by atomic mass is 16.5. The Hall–Kier alpha value is -2.20. The Kier molecular flexibility index (Phi) is 6.20. The second-order valence-corrected chi connectivity index (χ2v) is 9.72. The molecule has 4 nitrogen and oxygen atoms in total. The van der Waals surface area contributed by atoms with Gasteiger partial charge < -0.3 is 19.5 Å². The number of phenols is 1. The Morgan fingerprint density at radius 2 is 1.74 bits per heavy atom. The minimum Gasteiger partial charge on any atom is -0.507 e. The van der Waals surface area contributed by atoms with Gasteiger partial charge in [-0.25, -0.2) is 0 Å². The van der Waals surface area contributed by atoms with Crippen molar-refractivity contribution in [1.82, 2.24) is 4.90 Å². The number of phenolic OH excluding ortho intramolecular Hbond substituents is 1. The third-order valence-corrected chi connectivity index (χ3v) is 7.72. The smallest absolute Gasteiger partial charge is 0.127 e. The van der Waals surface area contributed by atoms with Crippen molar-refractivity contribution in [1.29, 1.82) is 0 Å². The van der Waals surface area contributed by atoms with Crippen molar-refractivity contribution in [2.45, 2.75) is 71.3 Å². The molecule has 2 heterocycles. The first kappa shape index (κ1) is 22.0. The Labute approximate surface area is 187 Å². The summed E-state index contributed by atoms with van der Waals surface area (Å²) in [5.41, 5.74) is 5.51. The van der Waals surface area contributed by atoms with Gasteiger partial charge in [0.15, 0.2) is 0 Å². The number of rotatable bonds is 5. The molecule has 0 spiro atoms. The molecule has 1 fully saturated rings. The third kappa shape index (κ3) is 4.41. The molecule has 0 radical (unpaired) electrons. The van der Waals surface area contributed by atoms with Crippen molar-refractivity contribution in [3.05, 3.63) is 52.1 Å². The third-order valence-electron chi connectivity index (χ3n) is 7.72. The van der Waals surface area contributed by atoms with Crippen molar-refractivity contribution >= 4 is 0 Å². The number of hydrogen-bond acceptors (Lipinski definition) is 4. The Balaban J connectivity index is 1.34. The van der Waals surface area contributed by atoms with E-state index in [2.05, 4.69) is 43.0 Å². The maximum Gasteiger partial charge on any atom is 0.127 e. The fourth-order valence-electron chi connectivity index (χ4n) is 5.23. The van der Waals surface area contributed by atoms with Gasteiger partial charge in [-0.05, 0) is 113 Å². The molecule has 2 aromatic rings. The highest BCUT2D eigenvalue weighted by Gasteiger charge is 2.35. The summed E-state index contributed by atoms with van der Waals surface area (Å²) < 4.78 is 11.9. The van der Waals surface area contributed by atoms with Crippen LogP contribution in [-0.2, 0) is 6.42 Å². The van der Waals surface area contributed by atoms with Gasteiger partial charge in [-0.2, -0.15) is 0 Å². The average Bonchev–Trinajstić information content (AvgIpc) is 2.80. The fraction of sp³-hybridized carbons (Fsp3) is 0.556. The van der Waals surface area contributed by atoms with E-state index >= 15 is 0 Å². The predicted molar refractivity (Wildman–Crippen MR) is 126 cm³/mol. The van der Waals surface area contributed by atoms with E-state index in [1.165, 1.54) is 24.0 Å². The lowest BCUT2D eigenvalue weighted by atomic mass is 9.85. The molecule has 1 saturated heterocycles. The van der Waals surface area contributed by atoms with Crippen LogP contribution in [0.4, 0.5) is 0 Å². The largest absolute Gasteiger partial charge is 0.507 e. The van der Waals surface area contributed by atoms with Gasteiger partial charge in [0.05, 0.1) is 7.11 Å². The molecular weight excluding hydrogens is 386 g/mol. The molecule has 2 aliphatic rings. The molecule has 4 rings (SSSR count). The quantitative estimate of drug-likeness (QED) is 0.672. The molecule has 1 N–H and O–H groups in total. The summed E-state index contributed by atoms with van der Waals surface area (Å²) in [6, 6.07) is 8.59. The summed E-state index contributed by atoms with van der Waals surface area (Å²) in [6.45, 7) is 11.7. The molecule has 0 bridgehead atoms. The van der Waals surface area contributed by atoms with Crippen LogP contribution in [0.2, 0.25) is 0 Å². The van der Waals surface area contributed by atoms with Gasteiger partial charge >= 0.3 is 0 Å². The van der Waals surface area contributed by atoms with Crippen molar-refractivity contribution < 1.29 is 14.6 Å². The van der Waals surface area contributed by atoms with Gasteiger partial charge in [-0.1, -0.05) is 12.1 Å². The number of methoxy groups -OCH3 is 1. The highest BCUT2D eigenvalue weighted by Crippen LogP contribution is 2.44. The second kappa shape index (κ2) is 8.74. The predicted octanol–water partition coefficient (Wildman–Crippen LogP) is 5.68. The number of aromatic hydroxyl groups is 1. The summed E-state index contributed by atoms with van der Waals surface area (Å²) in [6.07, 6.45) is 5.45. The number of nitrogens with zero attached hydrogens (tertiary/aromatic N) is 1. The Morgan fingerprint density at radius 3 is 2.39 bits per heavy atom. The average molecular weight is 424 g/mol. The van der Waals surface area contributed by atoms with Gasteiger partial charge in [0, 0.05) is 12.1 Å². The number of piperidine rings is 1. The van der Waals surface area contributed by atoms with Gasteiger partial charge in [-0.15, -0.1) is 0 Å². The molecule has 168 valence electrons. The lowest BCUT2D eigenvalue weighted by molar-refractivity contribution is 0.0405. The zero-order valence-corrected chi connectivity index (χ0v) is 19.8. The van der Waals surface area contributed by atoms with Crippen molar-refractivity contribution in [2.24, 2.45) is 0 Å². The number of hydrogen-bond donors (Lipinski definition) is 1. The van der Waals surface area contributed by atoms with Crippen LogP contribution in [0.15, 0.2) is 24.3 Å². The van der Waals surface area contributed by atoms with Crippen molar-refractivity contribution in [3.8, 4) is 17.2 Å². The molecule has 0 aromatic heterocycles. The van der Waals surface area contributed by atoms with Gasteiger partial charge in [0.25, 0.3) is 0 Å². The maximum atomic E-state index is 10.4. The fourth-order valence-corrected chi connectivity index (χ4v) is 5.23. The molecule has 1 atom stereocenters. The Bertz CT molecular complexity index is 929. The zero-order chi connectivity index (χ0) is 22.2. The lowest BCUT2D eigenvalue weighted by Crippen LogP contribution is -2.42. The minimum atomic E-state index is -0.138. The van der Waals surface area contributed by atoms with Crippen LogP contribution < -0.4 is 9.47 Å². The summed E-state index contributed by atoms with van der Waals surface area (Å²) >= 11 is 0. The molecule has 1 unspecified atom stereocenters. The van der Waals surface area contributed by atoms with Crippen LogP contribution in [0, 0.1) is 20.8 Å². The first-order valence-electron chi connectivity index (χ1n) is 11.7. The van der Waals surface area contributed by atoms with E-state index in [0.29, 0.717) is 11.7 Å². The second-order valence-electron chi connectivity index (χ2n) is 9.72. The zero-order valence-electron chi connectivity index (χ0n) is 19.8. The monoisotopic (exact) mass is 423 g/mol. The number of benzene rings is 2. The van der Waals surface area contributed by atoms with Gasteiger partial charge in [0.1, 0.15) is 22.8 Å². The molecule has 0 amide bonds. The normalized spacial score (nSPS) is 22.1. The van der Waals surface area contributed by atoms with Crippen LogP contribution >= 0.6 is 0 Å². The summed E-state index contributed by atoms with van der Waals surface area (Å²) in [5.74, 6) is 3.03. The van der Waals surface area contributed by atoms with E-state index in [-0.39, 0.29) is 5.60 Å². The summed E-state index contributed by atoms with van der Waals surface area (Å²) in [7, 11) is 1.72. The first-order valence-corrected chi connectivity index (χ1v) is 11.7. The number of ether oxygens (including phenoxy) is 2. The van der Waals surface area contributed by atoms with Crippen LogP contribution in [0.25, 0.3) is 0 Å². The first-order chi connectivity index (χ1) is 14.8. The van der Waals surface area contributed by atoms with Crippen LogP contribution in [0.3, 0.4) is 0 Å². The highest BCUT2D eigenvalue weighted by molar-refractivity contribution is 5.58. The van der Waals surface area contributed by atoms with Gasteiger partial charge in [-0.3, -0.25) is 0 Å². The molecule has 0 aliphatic carbocycles. The minimum absolute atomic E-state index is 0.138.